The summed E-state index contributed by atoms with van der Waals surface area (Å²) in [6, 6.07) is 13.5. The highest BCUT2D eigenvalue weighted by molar-refractivity contribution is 7.98. The predicted octanol–water partition coefficient (Wildman–Crippen LogP) is 4.89. The van der Waals surface area contributed by atoms with Crippen LogP contribution in [0, 0.1) is 11.3 Å². The Labute approximate surface area is 152 Å². The molecule has 0 heterocycles. The Morgan fingerprint density at radius 1 is 1.19 bits per heavy atom. The van der Waals surface area contributed by atoms with E-state index >= 15 is 0 Å². The molecular formula is C18H14F3N3OS. The summed E-state index contributed by atoms with van der Waals surface area (Å²) in [6.07, 6.45) is -1.55. The SMILES string of the molecule is CSc1cccc(N/C=C(/C#N)C(=O)Nc2ccccc2C(F)(F)F)c1. The van der Waals surface area contributed by atoms with Crippen molar-refractivity contribution in [3.8, 4) is 6.07 Å². The predicted molar refractivity (Wildman–Crippen MR) is 95.6 cm³/mol. The number of carbonyl (C=O) groups is 1. The summed E-state index contributed by atoms with van der Waals surface area (Å²) in [5.41, 5.74) is -1.09. The van der Waals surface area contributed by atoms with Crippen LogP contribution in [0.4, 0.5) is 24.5 Å². The first kappa shape index (κ1) is 19.4. The van der Waals surface area contributed by atoms with Crippen molar-refractivity contribution < 1.29 is 18.0 Å². The number of nitrogens with one attached hydrogen (secondary N) is 2. The van der Waals surface area contributed by atoms with Crippen LogP contribution in [-0.2, 0) is 11.0 Å². The molecule has 0 bridgehead atoms. The lowest BCUT2D eigenvalue weighted by atomic mass is 10.1. The van der Waals surface area contributed by atoms with Gasteiger partial charge in [0, 0.05) is 16.8 Å². The van der Waals surface area contributed by atoms with Crippen LogP contribution in [0.5, 0.6) is 0 Å². The van der Waals surface area contributed by atoms with Gasteiger partial charge < -0.3 is 10.6 Å². The number of nitrogens with zero attached hydrogens (tertiary/aromatic N) is 1. The largest absolute Gasteiger partial charge is 0.418 e. The van der Waals surface area contributed by atoms with Gasteiger partial charge in [0.25, 0.3) is 5.91 Å². The zero-order valence-corrected chi connectivity index (χ0v) is 14.4. The molecule has 4 nitrogen and oxygen atoms in total. The first-order chi connectivity index (χ1) is 12.3. The first-order valence-electron chi connectivity index (χ1n) is 7.33. The molecule has 26 heavy (non-hydrogen) atoms. The summed E-state index contributed by atoms with van der Waals surface area (Å²) in [4.78, 5) is 13.1. The highest BCUT2D eigenvalue weighted by Gasteiger charge is 2.33. The van der Waals surface area contributed by atoms with Crippen LogP contribution in [0.15, 0.2) is 65.2 Å². The van der Waals surface area contributed by atoms with Crippen molar-refractivity contribution in [2.24, 2.45) is 0 Å². The maximum atomic E-state index is 13.0. The van der Waals surface area contributed by atoms with E-state index in [0.717, 1.165) is 23.2 Å². The summed E-state index contributed by atoms with van der Waals surface area (Å²) in [6.45, 7) is 0. The van der Waals surface area contributed by atoms with Gasteiger partial charge >= 0.3 is 6.18 Å². The van der Waals surface area contributed by atoms with E-state index in [9.17, 15) is 18.0 Å². The molecule has 0 atom stereocenters. The molecule has 0 spiro atoms. The fraction of sp³-hybridized carbons (Fsp3) is 0.111. The van der Waals surface area contributed by atoms with Gasteiger partial charge in [-0.2, -0.15) is 18.4 Å². The number of para-hydroxylation sites is 1. The number of nitriles is 1. The quantitative estimate of drug-likeness (QED) is 0.443. The molecule has 0 saturated heterocycles. The number of benzene rings is 2. The van der Waals surface area contributed by atoms with Gasteiger partial charge in [-0.25, -0.2) is 0 Å². The molecule has 0 aliphatic rings. The molecule has 2 N–H and O–H groups in total. The highest BCUT2D eigenvalue weighted by atomic mass is 32.2. The van der Waals surface area contributed by atoms with Gasteiger partial charge in [-0.05, 0) is 36.6 Å². The maximum absolute atomic E-state index is 13.0. The molecule has 2 rings (SSSR count). The number of amides is 1. The van der Waals surface area contributed by atoms with Crippen molar-refractivity contribution in [3.63, 3.8) is 0 Å². The molecule has 1 amide bonds. The molecule has 134 valence electrons. The van der Waals surface area contributed by atoms with Gasteiger partial charge in [0.1, 0.15) is 11.6 Å². The van der Waals surface area contributed by atoms with Gasteiger partial charge in [0.05, 0.1) is 11.3 Å². The lowest BCUT2D eigenvalue weighted by molar-refractivity contribution is -0.137. The van der Waals surface area contributed by atoms with Crippen molar-refractivity contribution in [3.05, 3.63) is 65.9 Å². The number of alkyl halides is 3. The molecule has 0 unspecified atom stereocenters. The lowest BCUT2D eigenvalue weighted by Crippen LogP contribution is -2.18. The second-order valence-electron chi connectivity index (χ2n) is 5.04. The second kappa shape index (κ2) is 8.45. The molecule has 0 radical (unpaired) electrons. The van der Waals surface area contributed by atoms with Crippen LogP contribution >= 0.6 is 11.8 Å². The monoisotopic (exact) mass is 377 g/mol. The number of hydrogen-bond acceptors (Lipinski definition) is 4. The number of rotatable bonds is 5. The standard InChI is InChI=1S/C18H14F3N3OS/c1-26-14-6-4-5-13(9-14)23-11-12(10-22)17(25)24-16-8-3-2-7-15(16)18(19,20)21/h2-9,11,23H,1H3,(H,24,25)/b12-11-. The summed E-state index contributed by atoms with van der Waals surface area (Å²) >= 11 is 1.52. The van der Waals surface area contributed by atoms with Crippen LogP contribution in [0.3, 0.4) is 0 Å². The topological polar surface area (TPSA) is 64.9 Å². The number of thioether (sulfide) groups is 1. The summed E-state index contributed by atoms with van der Waals surface area (Å²) in [5.74, 6) is -0.933. The molecule has 0 aliphatic heterocycles. The minimum atomic E-state index is -4.61. The number of hydrogen-bond donors (Lipinski definition) is 2. The Hall–Kier alpha value is -2.92. The molecule has 0 aromatic heterocycles. The highest BCUT2D eigenvalue weighted by Crippen LogP contribution is 2.34. The van der Waals surface area contributed by atoms with Gasteiger partial charge in [-0.3, -0.25) is 4.79 Å². The van der Waals surface area contributed by atoms with Gasteiger partial charge in [0.15, 0.2) is 0 Å². The Balaban J connectivity index is 2.18. The molecule has 2 aromatic rings. The van der Waals surface area contributed by atoms with Crippen molar-refractivity contribution in [2.75, 3.05) is 16.9 Å². The minimum absolute atomic E-state index is 0.350. The summed E-state index contributed by atoms with van der Waals surface area (Å²) in [5, 5.41) is 14.1. The van der Waals surface area contributed by atoms with E-state index in [1.807, 2.05) is 18.4 Å². The molecule has 0 saturated carbocycles. The molecular weight excluding hydrogens is 363 g/mol. The Kier molecular flexibility index (Phi) is 6.31. The van der Waals surface area contributed by atoms with E-state index in [1.165, 1.54) is 23.9 Å². The Bertz CT molecular complexity index is 872. The van der Waals surface area contributed by atoms with Crippen LogP contribution < -0.4 is 10.6 Å². The third kappa shape index (κ3) is 5.04. The zero-order valence-electron chi connectivity index (χ0n) is 13.6. The number of carbonyl (C=O) groups excluding carboxylic acids is 1. The number of halogens is 3. The first-order valence-corrected chi connectivity index (χ1v) is 8.56. The smallest absolute Gasteiger partial charge is 0.360 e. The zero-order chi connectivity index (χ0) is 19.2. The fourth-order valence-corrected chi connectivity index (χ4v) is 2.51. The average molecular weight is 377 g/mol. The van der Waals surface area contributed by atoms with E-state index in [1.54, 1.807) is 18.2 Å². The maximum Gasteiger partial charge on any atom is 0.418 e. The second-order valence-corrected chi connectivity index (χ2v) is 5.92. The molecule has 0 fully saturated rings. The van der Waals surface area contributed by atoms with Gasteiger partial charge in [-0.1, -0.05) is 18.2 Å². The third-order valence-electron chi connectivity index (χ3n) is 3.30. The fourth-order valence-electron chi connectivity index (χ4n) is 2.05. The lowest BCUT2D eigenvalue weighted by Gasteiger charge is -2.13. The van der Waals surface area contributed by atoms with E-state index < -0.39 is 23.3 Å². The van der Waals surface area contributed by atoms with Crippen LogP contribution in [0.1, 0.15) is 5.56 Å². The van der Waals surface area contributed by atoms with Crippen LogP contribution in [-0.4, -0.2) is 12.2 Å². The normalized spacial score (nSPS) is 11.6. The van der Waals surface area contributed by atoms with E-state index in [-0.39, 0.29) is 5.57 Å². The van der Waals surface area contributed by atoms with Gasteiger partial charge in [0.2, 0.25) is 0 Å². The Morgan fingerprint density at radius 2 is 1.92 bits per heavy atom. The van der Waals surface area contributed by atoms with E-state index in [2.05, 4.69) is 10.6 Å². The minimum Gasteiger partial charge on any atom is -0.360 e. The third-order valence-corrected chi connectivity index (χ3v) is 4.02. The van der Waals surface area contributed by atoms with Crippen molar-refractivity contribution in [1.29, 1.82) is 5.26 Å². The van der Waals surface area contributed by atoms with E-state index in [0.29, 0.717) is 5.69 Å². The molecule has 2 aromatic carbocycles. The van der Waals surface area contributed by atoms with Crippen molar-refractivity contribution >= 4 is 29.0 Å². The van der Waals surface area contributed by atoms with E-state index in [4.69, 9.17) is 5.26 Å². The Morgan fingerprint density at radius 3 is 2.58 bits per heavy atom. The molecule has 0 aliphatic carbocycles. The van der Waals surface area contributed by atoms with Crippen molar-refractivity contribution in [1.82, 2.24) is 0 Å². The van der Waals surface area contributed by atoms with Crippen LogP contribution in [0.25, 0.3) is 0 Å². The molecule has 8 heteroatoms. The van der Waals surface area contributed by atoms with Crippen molar-refractivity contribution in [2.45, 2.75) is 11.1 Å². The van der Waals surface area contributed by atoms with Gasteiger partial charge in [-0.15, -0.1) is 11.8 Å². The summed E-state index contributed by atoms with van der Waals surface area (Å²) in [7, 11) is 0. The average Bonchev–Trinajstić information content (AvgIpc) is 2.62. The van der Waals surface area contributed by atoms with Crippen LogP contribution in [0.2, 0.25) is 0 Å². The summed E-state index contributed by atoms with van der Waals surface area (Å²) < 4.78 is 38.9. The number of anilines is 2.